The van der Waals surface area contributed by atoms with E-state index in [1.165, 1.54) is 22.1 Å². The summed E-state index contributed by atoms with van der Waals surface area (Å²) in [5, 5.41) is 11.3. The van der Waals surface area contributed by atoms with Crippen LogP contribution in [0.4, 0.5) is 0 Å². The lowest BCUT2D eigenvalue weighted by Crippen LogP contribution is -3.13. The summed E-state index contributed by atoms with van der Waals surface area (Å²) in [5.74, 6) is 0.592. The van der Waals surface area contributed by atoms with Gasteiger partial charge in [0.2, 0.25) is 0 Å². The Balaban J connectivity index is 1.36. The Labute approximate surface area is 157 Å². The lowest BCUT2D eigenvalue weighted by molar-refractivity contribution is -0.918. The van der Waals surface area contributed by atoms with Gasteiger partial charge in [-0.2, -0.15) is 0 Å². The molecule has 0 fully saturated rings. The molecule has 0 radical (unpaired) electrons. The fourth-order valence-electron chi connectivity index (χ4n) is 3.80. The van der Waals surface area contributed by atoms with Gasteiger partial charge in [-0.3, -0.25) is 0 Å². The van der Waals surface area contributed by atoms with Crippen LogP contribution in [0.15, 0.2) is 57.7 Å². The Morgan fingerprint density at radius 1 is 1.19 bits per heavy atom. The predicted octanol–water partition coefficient (Wildman–Crippen LogP) is 1.48. The van der Waals surface area contributed by atoms with Gasteiger partial charge >= 0.3 is 5.63 Å². The summed E-state index contributed by atoms with van der Waals surface area (Å²) in [4.78, 5) is 12.9. The zero-order chi connectivity index (χ0) is 18.8. The van der Waals surface area contributed by atoms with Crippen molar-refractivity contribution in [1.82, 2.24) is 0 Å². The molecule has 3 aromatic rings. The summed E-state index contributed by atoms with van der Waals surface area (Å²) in [6.07, 6.45) is 0.493. The van der Waals surface area contributed by atoms with Crippen molar-refractivity contribution < 1.29 is 19.2 Å². The first-order chi connectivity index (χ1) is 13.1. The molecule has 1 aliphatic rings. The lowest BCUT2D eigenvalue weighted by atomic mass is 10.00. The van der Waals surface area contributed by atoms with Crippen LogP contribution in [-0.4, -0.2) is 30.9 Å². The van der Waals surface area contributed by atoms with Crippen LogP contribution >= 0.6 is 0 Å². The normalized spacial score (nSPS) is 17.5. The number of rotatable bonds is 5. The quantitative estimate of drug-likeness (QED) is 0.672. The van der Waals surface area contributed by atoms with E-state index in [9.17, 15) is 9.90 Å². The van der Waals surface area contributed by atoms with Crippen LogP contribution in [-0.2, 0) is 13.0 Å². The minimum absolute atomic E-state index is 0.215. The van der Waals surface area contributed by atoms with Crippen molar-refractivity contribution in [3.63, 3.8) is 0 Å². The molecule has 4 rings (SSSR count). The maximum absolute atomic E-state index is 11.5. The minimum atomic E-state index is -0.550. The van der Waals surface area contributed by atoms with Crippen LogP contribution in [0.1, 0.15) is 16.7 Å². The highest BCUT2D eigenvalue weighted by Crippen LogP contribution is 2.22. The number of aliphatic hydroxyl groups excluding tert-OH is 1. The van der Waals surface area contributed by atoms with Crippen molar-refractivity contribution in [1.29, 1.82) is 0 Å². The molecule has 2 N–H and O–H groups in total. The summed E-state index contributed by atoms with van der Waals surface area (Å²) in [6, 6.07) is 15.4. The van der Waals surface area contributed by atoms with Gasteiger partial charge in [0.25, 0.3) is 0 Å². The Morgan fingerprint density at radius 2 is 2.00 bits per heavy atom. The average Bonchev–Trinajstić information content (AvgIpc) is 2.66. The van der Waals surface area contributed by atoms with Gasteiger partial charge in [-0.15, -0.1) is 0 Å². The molecule has 1 aromatic heterocycles. The van der Waals surface area contributed by atoms with Crippen molar-refractivity contribution in [2.45, 2.75) is 26.0 Å². The van der Waals surface area contributed by atoms with Gasteiger partial charge in [-0.25, -0.2) is 4.79 Å². The topological polar surface area (TPSA) is 64.1 Å². The summed E-state index contributed by atoms with van der Waals surface area (Å²) < 4.78 is 11.0. The molecule has 0 saturated heterocycles. The highest BCUT2D eigenvalue weighted by atomic mass is 16.5. The van der Waals surface area contributed by atoms with Gasteiger partial charge < -0.3 is 19.2 Å². The van der Waals surface area contributed by atoms with Gasteiger partial charge in [0, 0.05) is 29.5 Å². The number of benzene rings is 2. The molecule has 0 bridgehead atoms. The monoisotopic (exact) mass is 366 g/mol. The maximum Gasteiger partial charge on any atom is 0.336 e. The van der Waals surface area contributed by atoms with Crippen LogP contribution in [0.2, 0.25) is 0 Å². The van der Waals surface area contributed by atoms with Gasteiger partial charge in [-0.1, -0.05) is 24.3 Å². The van der Waals surface area contributed by atoms with Gasteiger partial charge in [0.15, 0.2) is 0 Å². The number of ether oxygens (including phenoxy) is 1. The van der Waals surface area contributed by atoms with E-state index in [0.29, 0.717) is 17.9 Å². The van der Waals surface area contributed by atoms with Crippen molar-refractivity contribution >= 4 is 11.0 Å². The molecule has 2 heterocycles. The first kappa shape index (κ1) is 17.8. The SMILES string of the molecule is Cc1cc(=O)oc2cc(OC[C@H](O)C[NH+]3CCc4ccccc4C3)ccc12. The summed E-state index contributed by atoms with van der Waals surface area (Å²) in [7, 11) is 0. The van der Waals surface area contributed by atoms with E-state index in [1.54, 1.807) is 6.07 Å². The third kappa shape index (κ3) is 4.04. The fourth-order valence-corrected chi connectivity index (χ4v) is 3.80. The maximum atomic E-state index is 11.5. The molecule has 1 aliphatic heterocycles. The fraction of sp³-hybridized carbons (Fsp3) is 0.318. The van der Waals surface area contributed by atoms with Gasteiger partial charge in [0.1, 0.15) is 37.1 Å². The molecule has 0 spiro atoms. The van der Waals surface area contributed by atoms with Crippen LogP contribution in [0.5, 0.6) is 5.75 Å². The zero-order valence-electron chi connectivity index (χ0n) is 15.4. The molecule has 0 amide bonds. The molecule has 0 aliphatic carbocycles. The number of quaternary nitrogens is 1. The molecular weight excluding hydrogens is 342 g/mol. The van der Waals surface area contributed by atoms with Gasteiger partial charge in [-0.05, 0) is 30.2 Å². The number of aryl methyl sites for hydroxylation is 1. The molecule has 5 heteroatoms. The second kappa shape index (κ2) is 7.55. The molecule has 5 nitrogen and oxygen atoms in total. The molecule has 2 atom stereocenters. The molecular formula is C22H24NO4+. The second-order valence-corrected chi connectivity index (χ2v) is 7.27. The van der Waals surface area contributed by atoms with E-state index in [-0.39, 0.29) is 12.2 Å². The van der Waals surface area contributed by atoms with E-state index in [2.05, 4.69) is 24.3 Å². The number of hydrogen-bond acceptors (Lipinski definition) is 4. The van der Waals surface area contributed by atoms with E-state index < -0.39 is 6.10 Å². The molecule has 0 saturated carbocycles. The van der Waals surface area contributed by atoms with Crippen LogP contribution in [0.3, 0.4) is 0 Å². The van der Waals surface area contributed by atoms with Crippen molar-refractivity contribution in [3.05, 3.63) is 75.6 Å². The minimum Gasteiger partial charge on any atom is -0.491 e. The third-order valence-electron chi connectivity index (χ3n) is 5.20. The Kier molecular flexibility index (Phi) is 4.97. The number of nitrogens with one attached hydrogen (secondary N) is 1. The Bertz CT molecular complexity index is 1010. The summed E-state index contributed by atoms with van der Waals surface area (Å²) in [5.41, 5.74) is 3.80. The summed E-state index contributed by atoms with van der Waals surface area (Å²) >= 11 is 0. The first-order valence-electron chi connectivity index (χ1n) is 9.34. The Morgan fingerprint density at radius 3 is 2.85 bits per heavy atom. The van der Waals surface area contributed by atoms with Crippen LogP contribution < -0.4 is 15.3 Å². The third-order valence-corrected chi connectivity index (χ3v) is 5.20. The van der Waals surface area contributed by atoms with E-state index in [0.717, 1.165) is 30.5 Å². The lowest BCUT2D eigenvalue weighted by Gasteiger charge is -2.27. The molecule has 2 aromatic carbocycles. The number of hydrogen-bond donors (Lipinski definition) is 2. The first-order valence-corrected chi connectivity index (χ1v) is 9.34. The van der Waals surface area contributed by atoms with Gasteiger partial charge in [0.05, 0.1) is 6.54 Å². The number of fused-ring (bicyclic) bond motifs is 2. The van der Waals surface area contributed by atoms with Crippen LogP contribution in [0.25, 0.3) is 11.0 Å². The average molecular weight is 366 g/mol. The smallest absolute Gasteiger partial charge is 0.336 e. The van der Waals surface area contributed by atoms with Crippen LogP contribution in [0, 0.1) is 6.92 Å². The van der Waals surface area contributed by atoms with Crippen molar-refractivity contribution in [2.75, 3.05) is 19.7 Å². The highest BCUT2D eigenvalue weighted by molar-refractivity contribution is 5.81. The zero-order valence-corrected chi connectivity index (χ0v) is 15.4. The highest BCUT2D eigenvalue weighted by Gasteiger charge is 2.22. The Hall–Kier alpha value is -2.63. The molecule has 140 valence electrons. The van der Waals surface area contributed by atoms with Crippen molar-refractivity contribution in [2.24, 2.45) is 0 Å². The van der Waals surface area contributed by atoms with E-state index in [1.807, 2.05) is 19.1 Å². The largest absolute Gasteiger partial charge is 0.491 e. The molecule has 1 unspecified atom stereocenters. The molecule has 27 heavy (non-hydrogen) atoms. The van der Waals surface area contributed by atoms with Crippen molar-refractivity contribution in [3.8, 4) is 5.75 Å². The van der Waals surface area contributed by atoms with E-state index >= 15 is 0 Å². The summed E-state index contributed by atoms with van der Waals surface area (Å²) in [6.45, 7) is 4.70. The number of aliphatic hydroxyl groups is 1. The standard InChI is InChI=1S/C22H23NO4/c1-15-10-22(25)27-21-11-19(6-7-20(15)21)26-14-18(24)13-23-9-8-16-4-2-3-5-17(16)12-23/h2-7,10-11,18,24H,8-9,12-14H2,1H3/p+1/t18-/m1/s1. The second-order valence-electron chi connectivity index (χ2n) is 7.27. The predicted molar refractivity (Wildman–Crippen MR) is 103 cm³/mol. The van der Waals surface area contributed by atoms with E-state index in [4.69, 9.17) is 9.15 Å².